The van der Waals surface area contributed by atoms with Crippen LogP contribution in [0.5, 0.6) is 0 Å². The van der Waals surface area contributed by atoms with Gasteiger partial charge in [-0.25, -0.2) is 0 Å². The summed E-state index contributed by atoms with van der Waals surface area (Å²) in [6, 6.07) is 6.30. The monoisotopic (exact) mass is 319 g/mol. The second-order valence-corrected chi connectivity index (χ2v) is 4.99. The van der Waals surface area contributed by atoms with Crippen molar-refractivity contribution >= 4 is 0 Å². The van der Waals surface area contributed by atoms with E-state index in [0.29, 0.717) is 12.3 Å². The van der Waals surface area contributed by atoms with E-state index in [1.54, 1.807) is 12.1 Å². The number of benzene rings is 1. The molecule has 3 nitrogen and oxygen atoms in total. The van der Waals surface area contributed by atoms with Gasteiger partial charge in [0.15, 0.2) is 0 Å². The van der Waals surface area contributed by atoms with Gasteiger partial charge in [0, 0.05) is 0 Å². The van der Waals surface area contributed by atoms with Crippen LogP contribution < -0.4 is 21.2 Å². The number of hydrogen-bond donors (Lipinski definition) is 0. The molecule has 2 rings (SSSR count). The van der Waals surface area contributed by atoms with Crippen molar-refractivity contribution in [2.24, 2.45) is 0 Å². The molecule has 0 bridgehead atoms. The van der Waals surface area contributed by atoms with Crippen molar-refractivity contribution in [3.05, 3.63) is 45.4 Å². The van der Waals surface area contributed by atoms with Crippen molar-refractivity contribution in [1.29, 1.82) is 0 Å². The molecule has 0 N–H and O–H groups in total. The zero-order valence-corrected chi connectivity index (χ0v) is 10.2. The van der Waals surface area contributed by atoms with Crippen molar-refractivity contribution < 1.29 is 30.1 Å². The van der Waals surface area contributed by atoms with E-state index in [4.69, 9.17) is 4.52 Å². The van der Waals surface area contributed by atoms with Gasteiger partial charge in [-0.1, -0.05) is 0 Å². The van der Waals surface area contributed by atoms with E-state index < -0.39 is 0 Å². The van der Waals surface area contributed by atoms with Crippen LogP contribution in [0.2, 0.25) is 0 Å². The van der Waals surface area contributed by atoms with Crippen LogP contribution in [0.1, 0.15) is 11.5 Å². The van der Waals surface area contributed by atoms with Gasteiger partial charge in [0.2, 0.25) is 0 Å². The second-order valence-electron chi connectivity index (χ2n) is 2.95. The van der Waals surface area contributed by atoms with E-state index in [2.05, 4.69) is 15.1 Å². The predicted molar refractivity (Wildman–Crippen MR) is 48.1 cm³/mol. The molecule has 2 aromatic rings. The summed E-state index contributed by atoms with van der Waals surface area (Å²) < 4.78 is 18.5. The van der Waals surface area contributed by atoms with Crippen LogP contribution >= 0.6 is 0 Å². The predicted octanol–water partition coefficient (Wildman–Crippen LogP) is -1.31. The van der Waals surface area contributed by atoms with Gasteiger partial charge in [-0.05, 0) is 0 Å². The summed E-state index contributed by atoms with van der Waals surface area (Å²) >= 11 is -0.127. The minimum absolute atomic E-state index is 0.127. The number of alkyl halides is 1. The van der Waals surface area contributed by atoms with Crippen LogP contribution in [0, 0.1) is 9.65 Å². The Hall–Kier alpha value is -0.980. The molecule has 80 valence electrons. The number of hydrogen-bond acceptors (Lipinski definition) is 3. The van der Waals surface area contributed by atoms with Crippen molar-refractivity contribution in [3.63, 3.8) is 0 Å². The molecule has 5 heteroatoms. The summed E-state index contributed by atoms with van der Waals surface area (Å²) in [7, 11) is 0. The number of aromatic nitrogens is 2. The van der Waals surface area contributed by atoms with Gasteiger partial charge < -0.3 is 0 Å². The summed E-state index contributed by atoms with van der Waals surface area (Å²) in [5.41, 5.74) is 0.973. The molecule has 0 saturated carbocycles. The molecule has 0 aliphatic rings. The van der Waals surface area contributed by atoms with Gasteiger partial charge in [0.1, 0.15) is 0 Å². The molecule has 0 fully saturated rings. The first-order valence-electron chi connectivity index (χ1n) is 4.34. The van der Waals surface area contributed by atoms with Crippen LogP contribution in [0.25, 0.3) is 0 Å². The SMILES string of the molecule is C[I-]c1noc(Cc2ccc(F)cc2)n1. The molecule has 0 amide bonds. The Labute approximate surface area is 97.0 Å². The van der Waals surface area contributed by atoms with Crippen LogP contribution in [0.15, 0.2) is 28.8 Å². The van der Waals surface area contributed by atoms with E-state index in [1.807, 2.05) is 0 Å². The Morgan fingerprint density at radius 2 is 2.07 bits per heavy atom. The van der Waals surface area contributed by atoms with Crippen LogP contribution in [0.3, 0.4) is 0 Å². The van der Waals surface area contributed by atoms with Gasteiger partial charge in [0.25, 0.3) is 0 Å². The molecule has 1 aromatic heterocycles. The molecule has 0 spiro atoms. The Morgan fingerprint density at radius 3 is 2.67 bits per heavy atom. The average molecular weight is 319 g/mol. The average Bonchev–Trinajstić information content (AvgIpc) is 2.69. The van der Waals surface area contributed by atoms with Crippen LogP contribution in [0.4, 0.5) is 4.39 Å². The molecule has 0 saturated heterocycles. The Morgan fingerprint density at radius 1 is 1.33 bits per heavy atom. The van der Waals surface area contributed by atoms with E-state index >= 15 is 0 Å². The van der Waals surface area contributed by atoms with Crippen LogP contribution in [-0.4, -0.2) is 15.1 Å². The summed E-state index contributed by atoms with van der Waals surface area (Å²) in [5, 5.41) is 3.84. The molecule has 0 radical (unpaired) electrons. The zero-order chi connectivity index (χ0) is 10.7. The van der Waals surface area contributed by atoms with Gasteiger partial charge >= 0.3 is 97.0 Å². The van der Waals surface area contributed by atoms with E-state index in [-0.39, 0.29) is 27.0 Å². The van der Waals surface area contributed by atoms with Crippen molar-refractivity contribution in [1.82, 2.24) is 10.1 Å². The fourth-order valence-electron chi connectivity index (χ4n) is 1.16. The molecule has 0 aliphatic carbocycles. The standard InChI is InChI=1S/C10H9FIN2O/c1-12-10-13-9(15-14-10)6-7-2-4-8(11)5-3-7/h2-5H,6H2,1H3/q-1. The fraction of sp³-hybridized carbons (Fsp3) is 0.200. The quantitative estimate of drug-likeness (QED) is 0.521. The van der Waals surface area contributed by atoms with E-state index in [1.165, 1.54) is 12.1 Å². The molecule has 1 aromatic carbocycles. The third-order valence-electron chi connectivity index (χ3n) is 1.88. The molecule has 1 heterocycles. The van der Waals surface area contributed by atoms with Crippen molar-refractivity contribution in [2.45, 2.75) is 6.42 Å². The third kappa shape index (κ3) is 2.74. The Kier molecular flexibility index (Phi) is 3.30. The second kappa shape index (κ2) is 4.69. The Bertz CT molecular complexity index is 441. The molecular formula is C10H9FIN2O-. The molecular weight excluding hydrogens is 310 g/mol. The molecule has 0 unspecified atom stereocenters. The van der Waals surface area contributed by atoms with Gasteiger partial charge in [0.05, 0.1) is 0 Å². The summed E-state index contributed by atoms with van der Waals surface area (Å²) in [6.45, 7) is 0. The Balaban J connectivity index is 2.11. The first-order valence-corrected chi connectivity index (χ1v) is 7.58. The molecule has 0 aliphatic heterocycles. The zero-order valence-electron chi connectivity index (χ0n) is 8.08. The molecule has 15 heavy (non-hydrogen) atoms. The van der Waals surface area contributed by atoms with Crippen molar-refractivity contribution in [2.75, 3.05) is 4.93 Å². The topological polar surface area (TPSA) is 38.9 Å². The summed E-state index contributed by atoms with van der Waals surface area (Å²) in [5.74, 6) is 0.363. The van der Waals surface area contributed by atoms with Crippen molar-refractivity contribution in [3.8, 4) is 0 Å². The maximum atomic E-state index is 12.6. The number of rotatable bonds is 3. The minimum atomic E-state index is -0.232. The van der Waals surface area contributed by atoms with E-state index in [0.717, 1.165) is 9.39 Å². The van der Waals surface area contributed by atoms with Gasteiger partial charge in [-0.3, -0.25) is 0 Å². The van der Waals surface area contributed by atoms with Crippen LogP contribution in [-0.2, 0) is 6.42 Å². The first-order chi connectivity index (χ1) is 7.28. The third-order valence-corrected chi connectivity index (χ3v) is 3.28. The molecule has 0 atom stereocenters. The van der Waals surface area contributed by atoms with Gasteiger partial charge in [-0.2, -0.15) is 0 Å². The number of nitrogens with zero attached hydrogens (tertiary/aromatic N) is 2. The summed E-state index contributed by atoms with van der Waals surface area (Å²) in [6.07, 6.45) is 0.566. The number of halogens is 2. The maximum absolute atomic E-state index is 12.6. The normalized spacial score (nSPS) is 10.8. The van der Waals surface area contributed by atoms with Gasteiger partial charge in [-0.15, -0.1) is 0 Å². The first kappa shape index (κ1) is 10.5. The summed E-state index contributed by atoms with van der Waals surface area (Å²) in [4.78, 5) is 6.30. The fourth-order valence-corrected chi connectivity index (χ4v) is 1.97. The van der Waals surface area contributed by atoms with E-state index in [9.17, 15) is 4.39 Å².